The van der Waals surface area contributed by atoms with Gasteiger partial charge in [0, 0.05) is 5.56 Å². The van der Waals surface area contributed by atoms with Gasteiger partial charge in [0.1, 0.15) is 12.1 Å². The summed E-state index contributed by atoms with van der Waals surface area (Å²) in [6.07, 6.45) is 0. The Morgan fingerprint density at radius 3 is 2.08 bits per heavy atom. The Bertz CT molecular complexity index is 391. The topological polar surface area (TPSA) is 67.8 Å². The third-order valence-corrected chi connectivity index (χ3v) is 1.51. The van der Waals surface area contributed by atoms with Crippen molar-refractivity contribution in [2.45, 2.75) is 0 Å². The van der Waals surface area contributed by atoms with Crippen molar-refractivity contribution in [1.82, 2.24) is 0 Å². The van der Waals surface area contributed by atoms with Crippen LogP contribution in [0.3, 0.4) is 0 Å². The van der Waals surface area contributed by atoms with Gasteiger partial charge in [-0.1, -0.05) is 30.3 Å². The number of aliphatic hydroxyl groups is 1. The van der Waals surface area contributed by atoms with Gasteiger partial charge in [-0.05, 0) is 0 Å². The Kier molecular flexibility index (Phi) is 2.68. The fraction of sp³-hybridized carbons (Fsp3) is 0. The molecule has 0 aliphatic heterocycles. The normalized spacial score (nSPS) is 8.15. The molecule has 0 spiro atoms. The van der Waals surface area contributed by atoms with Crippen LogP contribution in [0.1, 0.15) is 5.56 Å². The van der Waals surface area contributed by atoms with Crippen molar-refractivity contribution in [3.05, 3.63) is 41.5 Å². The molecule has 1 aromatic carbocycles. The van der Waals surface area contributed by atoms with Gasteiger partial charge in [-0.3, -0.25) is 0 Å². The van der Waals surface area contributed by atoms with Gasteiger partial charge in [0.2, 0.25) is 0 Å². The van der Waals surface area contributed by atoms with Gasteiger partial charge < -0.3 is 5.11 Å². The van der Waals surface area contributed by atoms with Crippen LogP contribution in [-0.2, 0) is 0 Å². The third kappa shape index (κ3) is 1.85. The van der Waals surface area contributed by atoms with E-state index in [4.69, 9.17) is 10.5 Å². The number of benzene rings is 1. The van der Waals surface area contributed by atoms with Gasteiger partial charge in [-0.25, -0.2) is 0 Å². The Hall–Kier alpha value is -2.26. The minimum atomic E-state index is -0.273. The maximum atomic E-state index is 9.41. The Labute approximate surface area is 75.8 Å². The molecule has 0 aliphatic carbocycles. The SMILES string of the molecule is N#CC(C#N)=C(O)c1ccccc1. The van der Waals surface area contributed by atoms with E-state index in [0.29, 0.717) is 5.56 Å². The first-order chi connectivity index (χ1) is 6.29. The van der Waals surface area contributed by atoms with E-state index < -0.39 is 0 Å². The zero-order valence-corrected chi connectivity index (χ0v) is 6.73. The lowest BCUT2D eigenvalue weighted by Gasteiger charge is -1.97. The van der Waals surface area contributed by atoms with E-state index in [1.54, 1.807) is 42.5 Å². The predicted octanol–water partition coefficient (Wildman–Crippen LogP) is 2.00. The molecule has 0 bridgehead atoms. The van der Waals surface area contributed by atoms with Crippen molar-refractivity contribution in [3.63, 3.8) is 0 Å². The van der Waals surface area contributed by atoms with E-state index in [1.165, 1.54) is 0 Å². The number of aliphatic hydroxyl groups excluding tert-OH is 1. The molecule has 3 nitrogen and oxygen atoms in total. The van der Waals surface area contributed by atoms with Gasteiger partial charge in [-0.15, -0.1) is 0 Å². The molecule has 62 valence electrons. The summed E-state index contributed by atoms with van der Waals surface area (Å²) < 4.78 is 0. The van der Waals surface area contributed by atoms with Crippen molar-refractivity contribution in [1.29, 1.82) is 10.5 Å². The molecule has 0 aromatic heterocycles. The summed E-state index contributed by atoms with van der Waals surface area (Å²) in [6, 6.07) is 11.7. The molecular formula is C10H6N2O. The highest BCUT2D eigenvalue weighted by Crippen LogP contribution is 2.14. The minimum absolute atomic E-state index is 0.272. The Morgan fingerprint density at radius 1 is 1.08 bits per heavy atom. The number of rotatable bonds is 1. The average Bonchev–Trinajstić information content (AvgIpc) is 2.21. The molecule has 1 N–H and O–H groups in total. The molecule has 0 saturated carbocycles. The minimum Gasteiger partial charge on any atom is -0.505 e. The van der Waals surface area contributed by atoms with Crippen LogP contribution >= 0.6 is 0 Å². The number of nitrogens with zero attached hydrogens (tertiary/aromatic N) is 2. The highest BCUT2D eigenvalue weighted by Gasteiger charge is 2.05. The zero-order chi connectivity index (χ0) is 9.68. The maximum absolute atomic E-state index is 9.41. The quantitative estimate of drug-likeness (QED) is 0.517. The lowest BCUT2D eigenvalue weighted by molar-refractivity contribution is 0.510. The molecule has 1 aromatic rings. The van der Waals surface area contributed by atoms with Crippen molar-refractivity contribution in [2.24, 2.45) is 0 Å². The van der Waals surface area contributed by atoms with Gasteiger partial charge in [-0.2, -0.15) is 10.5 Å². The molecule has 0 saturated heterocycles. The second-order valence-corrected chi connectivity index (χ2v) is 2.31. The molecule has 0 heterocycles. The fourth-order valence-corrected chi connectivity index (χ4v) is 0.871. The summed E-state index contributed by atoms with van der Waals surface area (Å²) in [5.41, 5.74) is 0.201. The first-order valence-corrected chi connectivity index (χ1v) is 3.58. The van der Waals surface area contributed by atoms with Crippen LogP contribution in [0, 0.1) is 22.7 Å². The maximum Gasteiger partial charge on any atom is 0.171 e. The molecular weight excluding hydrogens is 164 g/mol. The number of hydrogen-bond acceptors (Lipinski definition) is 3. The molecule has 0 fully saturated rings. The Balaban J connectivity index is 3.21. The monoisotopic (exact) mass is 170 g/mol. The second kappa shape index (κ2) is 3.94. The summed E-state index contributed by atoms with van der Waals surface area (Å²) in [7, 11) is 0. The first-order valence-electron chi connectivity index (χ1n) is 3.58. The lowest BCUT2D eigenvalue weighted by atomic mass is 10.1. The fourth-order valence-electron chi connectivity index (χ4n) is 0.871. The van der Waals surface area contributed by atoms with E-state index in [9.17, 15) is 5.11 Å². The molecule has 0 atom stereocenters. The summed E-state index contributed by atoms with van der Waals surface area (Å²) in [6.45, 7) is 0. The summed E-state index contributed by atoms with van der Waals surface area (Å²) in [5, 5.41) is 26.3. The molecule has 0 aliphatic rings. The van der Waals surface area contributed by atoms with E-state index in [2.05, 4.69) is 0 Å². The largest absolute Gasteiger partial charge is 0.505 e. The molecule has 0 radical (unpaired) electrons. The summed E-state index contributed by atoms with van der Waals surface area (Å²) in [5.74, 6) is -0.273. The van der Waals surface area contributed by atoms with Crippen molar-refractivity contribution >= 4 is 5.76 Å². The lowest BCUT2D eigenvalue weighted by Crippen LogP contribution is -1.86. The van der Waals surface area contributed by atoms with Gasteiger partial charge in [0.05, 0.1) is 0 Å². The van der Waals surface area contributed by atoms with Crippen LogP contribution in [-0.4, -0.2) is 5.11 Å². The van der Waals surface area contributed by atoms with Crippen LogP contribution in [0.15, 0.2) is 35.9 Å². The van der Waals surface area contributed by atoms with Gasteiger partial charge in [0.25, 0.3) is 0 Å². The second-order valence-electron chi connectivity index (χ2n) is 2.31. The van der Waals surface area contributed by atoms with Gasteiger partial charge >= 0.3 is 0 Å². The van der Waals surface area contributed by atoms with Crippen LogP contribution in [0.2, 0.25) is 0 Å². The smallest absolute Gasteiger partial charge is 0.171 e. The van der Waals surface area contributed by atoms with E-state index in [0.717, 1.165) is 0 Å². The first kappa shape index (κ1) is 8.83. The molecule has 1 rings (SSSR count). The molecule has 0 amide bonds. The summed E-state index contributed by atoms with van der Waals surface area (Å²) in [4.78, 5) is 0. The van der Waals surface area contributed by atoms with E-state index in [-0.39, 0.29) is 11.3 Å². The van der Waals surface area contributed by atoms with Crippen molar-refractivity contribution in [3.8, 4) is 12.1 Å². The number of allylic oxidation sites excluding steroid dienone is 1. The predicted molar refractivity (Wildman–Crippen MR) is 47.2 cm³/mol. The van der Waals surface area contributed by atoms with Crippen molar-refractivity contribution < 1.29 is 5.11 Å². The molecule has 13 heavy (non-hydrogen) atoms. The van der Waals surface area contributed by atoms with E-state index in [1.807, 2.05) is 0 Å². The molecule has 3 heteroatoms. The third-order valence-electron chi connectivity index (χ3n) is 1.51. The highest BCUT2D eigenvalue weighted by atomic mass is 16.3. The van der Waals surface area contributed by atoms with Crippen LogP contribution in [0.25, 0.3) is 5.76 Å². The van der Waals surface area contributed by atoms with Crippen LogP contribution in [0.5, 0.6) is 0 Å². The standard InChI is InChI=1S/C10H6N2O/c11-6-9(7-12)10(13)8-4-2-1-3-5-8/h1-5,13H. The summed E-state index contributed by atoms with van der Waals surface area (Å²) >= 11 is 0. The number of hydrogen-bond donors (Lipinski definition) is 1. The number of nitriles is 2. The van der Waals surface area contributed by atoms with Crippen molar-refractivity contribution in [2.75, 3.05) is 0 Å². The zero-order valence-electron chi connectivity index (χ0n) is 6.73. The van der Waals surface area contributed by atoms with Gasteiger partial charge in [0.15, 0.2) is 11.3 Å². The van der Waals surface area contributed by atoms with E-state index >= 15 is 0 Å². The highest BCUT2D eigenvalue weighted by molar-refractivity contribution is 5.69. The van der Waals surface area contributed by atoms with Crippen LogP contribution in [0.4, 0.5) is 0 Å². The van der Waals surface area contributed by atoms with Crippen LogP contribution < -0.4 is 0 Å². The molecule has 0 unspecified atom stereocenters. The average molecular weight is 170 g/mol. The Morgan fingerprint density at radius 2 is 1.62 bits per heavy atom.